The van der Waals surface area contributed by atoms with E-state index >= 15 is 0 Å². The van der Waals surface area contributed by atoms with Gasteiger partial charge in [0.25, 0.3) is 0 Å². The summed E-state index contributed by atoms with van der Waals surface area (Å²) in [7, 11) is 1.83. The molecule has 27 heavy (non-hydrogen) atoms. The Labute approximate surface area is 167 Å². The first-order valence-corrected chi connectivity index (χ1v) is 11.2. The molecule has 1 aromatic heterocycles. The second-order valence-corrected chi connectivity index (χ2v) is 8.76. The molecular weight excluding hydrogens is 358 g/mol. The van der Waals surface area contributed by atoms with E-state index < -0.39 is 0 Å². The van der Waals surface area contributed by atoms with Gasteiger partial charge in [-0.25, -0.2) is 4.98 Å². The molecule has 1 saturated carbocycles. The van der Waals surface area contributed by atoms with Gasteiger partial charge in [0.1, 0.15) is 5.82 Å². The van der Waals surface area contributed by atoms with Crippen molar-refractivity contribution in [1.82, 2.24) is 15.6 Å². The van der Waals surface area contributed by atoms with Gasteiger partial charge in [-0.3, -0.25) is 4.99 Å². The smallest absolute Gasteiger partial charge is 0.191 e. The fourth-order valence-corrected chi connectivity index (χ4v) is 4.73. The van der Waals surface area contributed by atoms with Crippen molar-refractivity contribution in [1.29, 1.82) is 0 Å². The Morgan fingerprint density at radius 1 is 1.30 bits per heavy atom. The fourth-order valence-electron chi connectivity index (χ4n) is 3.93. The topological polar surface area (TPSA) is 61.8 Å². The molecule has 0 amide bonds. The highest BCUT2D eigenvalue weighted by Gasteiger charge is 2.25. The van der Waals surface area contributed by atoms with Gasteiger partial charge in [0.15, 0.2) is 5.96 Å². The van der Waals surface area contributed by atoms with E-state index in [2.05, 4.69) is 57.7 Å². The molecule has 1 aliphatic heterocycles. The van der Waals surface area contributed by atoms with Crippen LogP contribution in [0.25, 0.3) is 0 Å². The Balaban J connectivity index is 1.49. The normalized spacial score (nSPS) is 29.0. The second-order valence-electron chi connectivity index (χ2n) is 7.62. The summed E-state index contributed by atoms with van der Waals surface area (Å²) in [6, 6.07) is 4.78. The highest BCUT2D eigenvalue weighted by molar-refractivity contribution is 7.99. The maximum absolute atomic E-state index is 5.81. The lowest BCUT2D eigenvalue weighted by atomic mass is 10.2. The van der Waals surface area contributed by atoms with Crippen LogP contribution in [-0.2, 0) is 11.3 Å². The number of thioether (sulfide) groups is 1. The number of hydrogen-bond donors (Lipinski definition) is 2. The molecule has 0 bridgehead atoms. The minimum atomic E-state index is 0.243. The predicted molar refractivity (Wildman–Crippen MR) is 115 cm³/mol. The van der Waals surface area contributed by atoms with Crippen LogP contribution in [0.2, 0.25) is 0 Å². The molecule has 1 saturated heterocycles. The summed E-state index contributed by atoms with van der Waals surface area (Å²) in [5.74, 6) is 1.90. The van der Waals surface area contributed by atoms with E-state index in [9.17, 15) is 0 Å². The van der Waals surface area contributed by atoms with Gasteiger partial charge < -0.3 is 20.3 Å². The number of anilines is 1. The molecule has 4 unspecified atom stereocenters. The Morgan fingerprint density at radius 3 is 2.67 bits per heavy atom. The molecule has 150 valence electrons. The van der Waals surface area contributed by atoms with Crippen LogP contribution in [0.5, 0.6) is 0 Å². The molecule has 2 fully saturated rings. The summed E-state index contributed by atoms with van der Waals surface area (Å²) >= 11 is 1.97. The van der Waals surface area contributed by atoms with Crippen molar-refractivity contribution in [2.45, 2.75) is 63.2 Å². The molecule has 6 nitrogen and oxygen atoms in total. The maximum atomic E-state index is 5.81. The van der Waals surface area contributed by atoms with Gasteiger partial charge in [-0.05, 0) is 51.0 Å². The van der Waals surface area contributed by atoms with E-state index in [0.717, 1.165) is 42.2 Å². The van der Waals surface area contributed by atoms with Crippen molar-refractivity contribution < 1.29 is 4.74 Å². The van der Waals surface area contributed by atoms with Gasteiger partial charge in [-0.15, -0.1) is 0 Å². The number of pyridine rings is 1. The number of nitrogens with zero attached hydrogens (tertiary/aromatic N) is 3. The third-order valence-corrected chi connectivity index (χ3v) is 6.39. The number of nitrogens with one attached hydrogen (secondary N) is 2. The molecule has 2 heterocycles. The summed E-state index contributed by atoms with van der Waals surface area (Å²) in [6.07, 6.45) is 8.38. The molecule has 3 rings (SSSR count). The Hall–Kier alpha value is -1.47. The third-order valence-electron chi connectivity index (χ3n) is 5.29. The first-order valence-electron chi connectivity index (χ1n) is 9.92. The maximum Gasteiger partial charge on any atom is 0.191 e. The zero-order chi connectivity index (χ0) is 19.2. The van der Waals surface area contributed by atoms with Gasteiger partial charge in [0.05, 0.1) is 12.2 Å². The van der Waals surface area contributed by atoms with Crippen LogP contribution in [0.1, 0.15) is 38.7 Å². The molecular formula is C20H33N5OS. The minimum absolute atomic E-state index is 0.243. The molecule has 7 heteroatoms. The van der Waals surface area contributed by atoms with Crippen LogP contribution in [0, 0.1) is 0 Å². The van der Waals surface area contributed by atoms with E-state index in [1.54, 1.807) is 0 Å². The third kappa shape index (κ3) is 5.75. The van der Waals surface area contributed by atoms with Gasteiger partial charge in [0, 0.05) is 44.2 Å². The lowest BCUT2D eigenvalue weighted by molar-refractivity contribution is -0.00545. The molecule has 0 aromatic carbocycles. The fraction of sp³-hybridized carbons (Fsp3) is 0.700. The number of morpholine rings is 1. The number of hydrogen-bond acceptors (Lipinski definition) is 5. The van der Waals surface area contributed by atoms with Gasteiger partial charge in [0.2, 0.25) is 0 Å². The summed E-state index contributed by atoms with van der Waals surface area (Å²) in [6.45, 7) is 6.74. The standard InChI is InChI=1S/C20H33N5OS/c1-14-12-25(13-15(2)26-14)19-8-5-16(10-22-19)11-23-20(21-3)24-17-6-7-18(9-17)27-4/h5,8,10,14-15,17-18H,6-7,9,11-13H2,1-4H3,(H2,21,23,24). The van der Waals surface area contributed by atoms with Gasteiger partial charge in [-0.1, -0.05) is 6.07 Å². The lowest BCUT2D eigenvalue weighted by Crippen LogP contribution is -2.45. The number of aliphatic imine (C=N–C) groups is 1. The largest absolute Gasteiger partial charge is 0.372 e. The molecule has 0 radical (unpaired) electrons. The summed E-state index contributed by atoms with van der Waals surface area (Å²) in [5.41, 5.74) is 1.16. The van der Waals surface area contributed by atoms with Crippen LogP contribution >= 0.6 is 11.8 Å². The van der Waals surface area contributed by atoms with Crippen LogP contribution in [0.15, 0.2) is 23.3 Å². The Morgan fingerprint density at radius 2 is 2.07 bits per heavy atom. The molecule has 2 aliphatic rings. The number of ether oxygens (including phenoxy) is 1. The lowest BCUT2D eigenvalue weighted by Gasteiger charge is -2.36. The molecule has 4 atom stereocenters. The van der Waals surface area contributed by atoms with Crippen LogP contribution in [0.3, 0.4) is 0 Å². The van der Waals surface area contributed by atoms with Crippen molar-refractivity contribution in [2.75, 3.05) is 31.3 Å². The Bertz CT molecular complexity index is 613. The van der Waals surface area contributed by atoms with Gasteiger partial charge >= 0.3 is 0 Å². The zero-order valence-corrected chi connectivity index (χ0v) is 17.8. The highest BCUT2D eigenvalue weighted by atomic mass is 32.2. The summed E-state index contributed by atoms with van der Waals surface area (Å²) in [5, 5.41) is 7.75. The highest BCUT2D eigenvalue weighted by Crippen LogP contribution is 2.28. The van der Waals surface area contributed by atoms with Crippen molar-refractivity contribution in [3.8, 4) is 0 Å². The quantitative estimate of drug-likeness (QED) is 0.594. The summed E-state index contributed by atoms with van der Waals surface area (Å²) in [4.78, 5) is 11.3. The first kappa shape index (κ1) is 20.3. The molecule has 0 spiro atoms. The average Bonchev–Trinajstić information content (AvgIpc) is 3.12. The molecule has 1 aliphatic carbocycles. The zero-order valence-electron chi connectivity index (χ0n) is 16.9. The number of guanidine groups is 1. The van der Waals surface area contributed by atoms with Crippen LogP contribution in [-0.4, -0.2) is 60.8 Å². The Kier molecular flexibility index (Phi) is 7.24. The average molecular weight is 392 g/mol. The molecule has 1 aromatic rings. The van der Waals surface area contributed by atoms with E-state index in [4.69, 9.17) is 4.74 Å². The predicted octanol–water partition coefficient (Wildman–Crippen LogP) is 2.64. The van der Waals surface area contributed by atoms with Crippen LogP contribution < -0.4 is 15.5 Å². The van der Waals surface area contributed by atoms with E-state index in [0.29, 0.717) is 6.04 Å². The molecule has 2 N–H and O–H groups in total. The van der Waals surface area contributed by atoms with E-state index in [1.807, 2.05) is 25.0 Å². The van der Waals surface area contributed by atoms with Crippen LogP contribution in [0.4, 0.5) is 5.82 Å². The SMILES string of the molecule is CN=C(NCc1ccc(N2CC(C)OC(C)C2)nc1)NC1CCC(SC)C1. The first-order chi connectivity index (χ1) is 13.1. The van der Waals surface area contributed by atoms with Crippen molar-refractivity contribution in [3.05, 3.63) is 23.9 Å². The number of aromatic nitrogens is 1. The van der Waals surface area contributed by atoms with Crippen molar-refractivity contribution >= 4 is 23.5 Å². The van der Waals surface area contributed by atoms with E-state index in [1.165, 1.54) is 19.3 Å². The van der Waals surface area contributed by atoms with Crippen molar-refractivity contribution in [3.63, 3.8) is 0 Å². The van der Waals surface area contributed by atoms with E-state index in [-0.39, 0.29) is 12.2 Å². The number of rotatable bonds is 5. The van der Waals surface area contributed by atoms with Gasteiger partial charge in [-0.2, -0.15) is 11.8 Å². The second kappa shape index (κ2) is 9.64. The minimum Gasteiger partial charge on any atom is -0.372 e. The van der Waals surface area contributed by atoms with Crippen molar-refractivity contribution in [2.24, 2.45) is 4.99 Å². The summed E-state index contributed by atoms with van der Waals surface area (Å²) < 4.78 is 5.81. The monoisotopic (exact) mass is 391 g/mol.